The van der Waals surface area contributed by atoms with Gasteiger partial charge in [0.25, 0.3) is 0 Å². The Balaban J connectivity index is 2.08. The average molecular weight is 250 g/mol. The fraction of sp³-hybridized carbons (Fsp3) is 0.800. The summed E-state index contributed by atoms with van der Waals surface area (Å²) in [6.45, 7) is 8.01. The van der Waals surface area contributed by atoms with Gasteiger partial charge in [-0.3, -0.25) is 4.79 Å². The summed E-state index contributed by atoms with van der Waals surface area (Å²) in [7, 11) is 0. The lowest BCUT2D eigenvalue weighted by Crippen LogP contribution is -2.52. The van der Waals surface area contributed by atoms with Gasteiger partial charge in [-0.15, -0.1) is 0 Å². The van der Waals surface area contributed by atoms with Crippen LogP contribution in [0.25, 0.3) is 0 Å². The third-order valence-corrected chi connectivity index (χ3v) is 4.38. The van der Waals surface area contributed by atoms with Crippen LogP contribution >= 0.6 is 0 Å². The quantitative estimate of drug-likeness (QED) is 0.780. The molecule has 1 atom stereocenters. The number of amides is 1. The van der Waals surface area contributed by atoms with E-state index in [2.05, 4.69) is 30.1 Å². The number of piperidine rings is 1. The van der Waals surface area contributed by atoms with Crippen LogP contribution in [0.5, 0.6) is 0 Å². The van der Waals surface area contributed by atoms with Gasteiger partial charge in [-0.25, -0.2) is 0 Å². The van der Waals surface area contributed by atoms with Crippen LogP contribution in [0, 0.1) is 5.41 Å². The first-order valence-corrected chi connectivity index (χ1v) is 7.34. The monoisotopic (exact) mass is 250 g/mol. The van der Waals surface area contributed by atoms with Gasteiger partial charge in [-0.05, 0) is 39.2 Å². The van der Waals surface area contributed by atoms with Gasteiger partial charge < -0.3 is 10.2 Å². The lowest BCUT2D eigenvalue weighted by molar-refractivity contribution is -0.143. The van der Waals surface area contributed by atoms with E-state index in [-0.39, 0.29) is 5.41 Å². The molecule has 3 nitrogen and oxygen atoms in total. The lowest BCUT2D eigenvalue weighted by atomic mass is 9.75. The smallest absolute Gasteiger partial charge is 0.230 e. The fourth-order valence-electron chi connectivity index (χ4n) is 3.24. The number of hydrogen-bond acceptors (Lipinski definition) is 2. The fourth-order valence-corrected chi connectivity index (χ4v) is 3.24. The number of carbonyl (C=O) groups excluding carboxylic acids is 1. The normalized spacial score (nSPS) is 29.0. The van der Waals surface area contributed by atoms with E-state index in [1.807, 2.05) is 0 Å². The van der Waals surface area contributed by atoms with Crippen LogP contribution in [0.15, 0.2) is 11.6 Å². The zero-order valence-corrected chi connectivity index (χ0v) is 11.8. The van der Waals surface area contributed by atoms with Crippen molar-refractivity contribution in [3.05, 3.63) is 11.6 Å². The topological polar surface area (TPSA) is 32.3 Å². The highest BCUT2D eigenvalue weighted by molar-refractivity contribution is 5.83. The summed E-state index contributed by atoms with van der Waals surface area (Å²) >= 11 is 0. The van der Waals surface area contributed by atoms with E-state index < -0.39 is 0 Å². The third-order valence-electron chi connectivity index (χ3n) is 4.38. The Morgan fingerprint density at radius 2 is 2.39 bits per heavy atom. The van der Waals surface area contributed by atoms with Gasteiger partial charge in [0.15, 0.2) is 0 Å². The maximum absolute atomic E-state index is 12.8. The van der Waals surface area contributed by atoms with Crippen LogP contribution in [-0.2, 0) is 4.79 Å². The summed E-state index contributed by atoms with van der Waals surface area (Å²) < 4.78 is 0. The summed E-state index contributed by atoms with van der Waals surface area (Å²) in [6, 6.07) is 0. The van der Waals surface area contributed by atoms with Crippen molar-refractivity contribution in [2.45, 2.75) is 46.0 Å². The first-order chi connectivity index (χ1) is 8.68. The second-order valence-electron chi connectivity index (χ2n) is 5.86. The number of hydrogen-bond donors (Lipinski definition) is 1. The molecule has 1 amide bonds. The molecule has 2 heterocycles. The molecule has 1 N–H and O–H groups in total. The Morgan fingerprint density at radius 3 is 2.94 bits per heavy atom. The molecule has 2 aliphatic rings. The largest absolute Gasteiger partial charge is 0.338 e. The van der Waals surface area contributed by atoms with Crippen molar-refractivity contribution in [1.82, 2.24) is 10.2 Å². The van der Waals surface area contributed by atoms with Crippen LogP contribution in [0.1, 0.15) is 46.0 Å². The predicted octanol–water partition coefficient (Wildman–Crippen LogP) is 2.33. The van der Waals surface area contributed by atoms with Crippen LogP contribution in [0.4, 0.5) is 0 Å². The Morgan fingerprint density at radius 1 is 1.56 bits per heavy atom. The maximum atomic E-state index is 12.8. The maximum Gasteiger partial charge on any atom is 0.230 e. The van der Waals surface area contributed by atoms with Gasteiger partial charge in [-0.2, -0.15) is 0 Å². The molecular formula is C15H26N2O. The molecule has 2 rings (SSSR count). The Bertz CT molecular complexity index is 324. The first kappa shape index (κ1) is 13.6. The molecule has 2 aliphatic heterocycles. The van der Waals surface area contributed by atoms with Crippen molar-refractivity contribution in [3.63, 3.8) is 0 Å². The van der Waals surface area contributed by atoms with E-state index >= 15 is 0 Å². The minimum absolute atomic E-state index is 0.119. The average Bonchev–Trinajstić information content (AvgIpc) is 2.40. The molecule has 0 aliphatic carbocycles. The number of rotatable bonds is 3. The second-order valence-corrected chi connectivity index (χ2v) is 5.86. The highest BCUT2D eigenvalue weighted by Gasteiger charge is 2.41. The molecule has 102 valence electrons. The van der Waals surface area contributed by atoms with Crippen molar-refractivity contribution < 1.29 is 4.79 Å². The summed E-state index contributed by atoms with van der Waals surface area (Å²) in [6.07, 6.45) is 7.56. The van der Waals surface area contributed by atoms with Gasteiger partial charge in [0.2, 0.25) is 5.91 Å². The second kappa shape index (κ2) is 5.87. The highest BCUT2D eigenvalue weighted by Crippen LogP contribution is 2.34. The molecule has 1 unspecified atom stereocenters. The lowest BCUT2D eigenvalue weighted by Gasteiger charge is -2.41. The van der Waals surface area contributed by atoms with Crippen molar-refractivity contribution in [3.8, 4) is 0 Å². The van der Waals surface area contributed by atoms with E-state index in [1.54, 1.807) is 0 Å². The van der Waals surface area contributed by atoms with Crippen LogP contribution < -0.4 is 5.32 Å². The zero-order valence-electron chi connectivity index (χ0n) is 11.8. The summed E-state index contributed by atoms with van der Waals surface area (Å²) in [4.78, 5) is 14.9. The standard InChI is InChI=1S/C15H26N2O/c1-3-7-15(8-4-9-16-12-15)14(18)17-10-5-13(2)6-11-17/h5,16H,3-4,6-12H2,1-2H3. The Hall–Kier alpha value is -0.830. The third kappa shape index (κ3) is 2.77. The molecule has 0 bridgehead atoms. The molecule has 18 heavy (non-hydrogen) atoms. The SMILES string of the molecule is CCCC1(C(=O)N2CC=C(C)CC2)CCCNC1. The summed E-state index contributed by atoms with van der Waals surface area (Å²) in [5.74, 6) is 0.389. The first-order valence-electron chi connectivity index (χ1n) is 7.34. The van der Waals surface area contributed by atoms with E-state index in [9.17, 15) is 4.79 Å². The summed E-state index contributed by atoms with van der Waals surface area (Å²) in [5.41, 5.74) is 1.30. The van der Waals surface area contributed by atoms with Gasteiger partial charge in [-0.1, -0.05) is 25.0 Å². The van der Waals surface area contributed by atoms with Crippen LogP contribution in [0.3, 0.4) is 0 Å². The van der Waals surface area contributed by atoms with Crippen LogP contribution in [0.2, 0.25) is 0 Å². The predicted molar refractivity (Wildman–Crippen MR) is 74.4 cm³/mol. The molecule has 0 aromatic rings. The minimum atomic E-state index is -0.119. The van der Waals surface area contributed by atoms with Gasteiger partial charge >= 0.3 is 0 Å². The molecule has 3 heteroatoms. The molecular weight excluding hydrogens is 224 g/mol. The van der Waals surface area contributed by atoms with Crippen molar-refractivity contribution in [1.29, 1.82) is 0 Å². The number of nitrogens with zero attached hydrogens (tertiary/aromatic N) is 1. The molecule has 0 radical (unpaired) electrons. The van der Waals surface area contributed by atoms with Crippen molar-refractivity contribution >= 4 is 5.91 Å². The van der Waals surface area contributed by atoms with Crippen molar-refractivity contribution in [2.24, 2.45) is 5.41 Å². The molecule has 0 aromatic heterocycles. The van der Waals surface area contributed by atoms with E-state index in [0.717, 1.165) is 58.3 Å². The van der Waals surface area contributed by atoms with Crippen LogP contribution in [-0.4, -0.2) is 37.0 Å². The molecule has 1 saturated heterocycles. The number of nitrogens with one attached hydrogen (secondary N) is 1. The van der Waals surface area contributed by atoms with E-state index in [0.29, 0.717) is 5.91 Å². The summed E-state index contributed by atoms with van der Waals surface area (Å²) in [5, 5.41) is 3.43. The van der Waals surface area contributed by atoms with Crippen molar-refractivity contribution in [2.75, 3.05) is 26.2 Å². The Labute approximate surface area is 111 Å². The van der Waals surface area contributed by atoms with Gasteiger partial charge in [0.05, 0.1) is 5.41 Å². The molecule has 1 fully saturated rings. The molecule has 0 spiro atoms. The minimum Gasteiger partial charge on any atom is -0.338 e. The Kier molecular flexibility index (Phi) is 4.44. The highest BCUT2D eigenvalue weighted by atomic mass is 16.2. The molecule has 0 aromatic carbocycles. The van der Waals surface area contributed by atoms with Gasteiger partial charge in [0.1, 0.15) is 0 Å². The zero-order chi connectivity index (χ0) is 13.0. The van der Waals surface area contributed by atoms with Gasteiger partial charge in [0, 0.05) is 19.6 Å². The molecule has 0 saturated carbocycles. The van der Waals surface area contributed by atoms with E-state index in [4.69, 9.17) is 0 Å². The van der Waals surface area contributed by atoms with E-state index in [1.165, 1.54) is 5.57 Å². The number of carbonyl (C=O) groups is 1.